The average molecular weight is 409 g/mol. The fraction of sp³-hybridized carbons (Fsp3) is 0.111. The molecule has 0 aliphatic heterocycles. The number of para-hydroxylation sites is 2. The van der Waals surface area contributed by atoms with E-state index >= 15 is 0 Å². The number of hydrogen-bond donors (Lipinski definition) is 2. The van der Waals surface area contributed by atoms with Crippen molar-refractivity contribution in [3.63, 3.8) is 0 Å². The summed E-state index contributed by atoms with van der Waals surface area (Å²) >= 11 is 0. The van der Waals surface area contributed by atoms with E-state index in [1.54, 1.807) is 0 Å². The summed E-state index contributed by atoms with van der Waals surface area (Å²) in [6.45, 7) is 0.417. The van der Waals surface area contributed by atoms with Crippen LogP contribution in [0, 0.1) is 0 Å². The molecule has 0 unspecified atom stereocenters. The second-order valence-corrected chi connectivity index (χ2v) is 5.13. The topological polar surface area (TPSA) is 145 Å². The van der Waals surface area contributed by atoms with E-state index in [0.717, 1.165) is 0 Å². The SMILES string of the molecule is O=C(O)c1cccc(C=NCCN=Cc2cccc(C(=O)O)c2[O-])c1[O-].[Mn+2]. The number of carboxylic acids is 2. The molecule has 0 fully saturated rings. The monoisotopic (exact) mass is 409 g/mol. The summed E-state index contributed by atoms with van der Waals surface area (Å²) in [7, 11) is 0. The fourth-order valence-electron chi connectivity index (χ4n) is 2.09. The Labute approximate surface area is 165 Å². The zero-order valence-electron chi connectivity index (χ0n) is 13.8. The van der Waals surface area contributed by atoms with Crippen molar-refractivity contribution >= 4 is 24.4 Å². The van der Waals surface area contributed by atoms with Crippen molar-refractivity contribution in [3.8, 4) is 11.5 Å². The van der Waals surface area contributed by atoms with Crippen LogP contribution in [0.3, 0.4) is 0 Å². The van der Waals surface area contributed by atoms with Crippen LogP contribution in [-0.2, 0) is 17.1 Å². The number of aliphatic imine (C=N–C) groups is 2. The van der Waals surface area contributed by atoms with Gasteiger partial charge in [0.25, 0.3) is 0 Å². The first-order valence-electron chi connectivity index (χ1n) is 7.48. The van der Waals surface area contributed by atoms with Crippen LogP contribution in [0.5, 0.6) is 11.5 Å². The van der Waals surface area contributed by atoms with E-state index in [1.807, 2.05) is 0 Å². The predicted octanol–water partition coefficient (Wildman–Crippen LogP) is 0.766. The third-order valence-electron chi connectivity index (χ3n) is 3.37. The molecule has 8 nitrogen and oxygen atoms in total. The molecular formula is C18H14MnN2O6. The number of benzene rings is 2. The Balaban J connectivity index is 0.00000364. The summed E-state index contributed by atoms with van der Waals surface area (Å²) in [6, 6.07) is 8.27. The van der Waals surface area contributed by atoms with Crippen LogP contribution >= 0.6 is 0 Å². The second-order valence-electron chi connectivity index (χ2n) is 5.13. The predicted molar refractivity (Wildman–Crippen MR) is 90.6 cm³/mol. The van der Waals surface area contributed by atoms with E-state index in [-0.39, 0.29) is 52.4 Å². The van der Waals surface area contributed by atoms with Gasteiger partial charge in [0.15, 0.2) is 0 Å². The van der Waals surface area contributed by atoms with Gasteiger partial charge in [-0.05, 0) is 23.3 Å². The number of hydrogen-bond acceptors (Lipinski definition) is 6. The second kappa shape index (κ2) is 10.1. The zero-order chi connectivity index (χ0) is 19.1. The van der Waals surface area contributed by atoms with Crippen molar-refractivity contribution in [2.24, 2.45) is 9.98 Å². The van der Waals surface area contributed by atoms with Crippen LogP contribution in [0.25, 0.3) is 0 Å². The first-order chi connectivity index (χ1) is 12.4. The molecule has 0 aliphatic carbocycles. The summed E-state index contributed by atoms with van der Waals surface area (Å²) in [6.07, 6.45) is 2.54. The zero-order valence-corrected chi connectivity index (χ0v) is 15.0. The van der Waals surface area contributed by atoms with Crippen molar-refractivity contribution in [2.75, 3.05) is 13.1 Å². The van der Waals surface area contributed by atoms with Crippen LogP contribution in [0.1, 0.15) is 31.8 Å². The van der Waals surface area contributed by atoms with Gasteiger partial charge >= 0.3 is 29.0 Å². The van der Waals surface area contributed by atoms with Crippen molar-refractivity contribution in [3.05, 3.63) is 58.7 Å². The van der Waals surface area contributed by atoms with E-state index in [0.29, 0.717) is 0 Å². The molecule has 0 saturated heterocycles. The Kier molecular flexibility index (Phi) is 8.19. The van der Waals surface area contributed by atoms with Crippen molar-refractivity contribution in [2.45, 2.75) is 0 Å². The molecule has 0 aromatic heterocycles. The van der Waals surface area contributed by atoms with E-state index in [9.17, 15) is 19.8 Å². The standard InChI is InChI=1S/C18H16N2O6.Mn/c21-15-11(3-1-5-13(15)17(23)24)9-19-7-8-20-10-12-4-2-6-14(16(12)22)18(25)26;/h1-6,9-10,21-22H,7-8H2,(H,23,24)(H,25,26);/q;+2/p-2. The Bertz CT molecular complexity index is 822. The van der Waals surface area contributed by atoms with Gasteiger partial charge in [-0.25, -0.2) is 9.59 Å². The maximum atomic E-state index is 11.9. The number of nitrogens with zero attached hydrogens (tertiary/aromatic N) is 2. The van der Waals surface area contributed by atoms with E-state index in [1.165, 1.54) is 48.8 Å². The molecule has 2 aromatic rings. The number of carbonyl (C=O) groups is 2. The molecule has 0 heterocycles. The fourth-order valence-corrected chi connectivity index (χ4v) is 2.09. The van der Waals surface area contributed by atoms with Crippen molar-refractivity contribution in [1.29, 1.82) is 0 Å². The molecule has 1 radical (unpaired) electrons. The number of rotatable bonds is 7. The average Bonchev–Trinajstić information content (AvgIpc) is 2.60. The van der Waals surface area contributed by atoms with Crippen LogP contribution in [0.2, 0.25) is 0 Å². The molecule has 0 saturated carbocycles. The summed E-state index contributed by atoms with van der Waals surface area (Å²) in [5.74, 6) is -3.83. The van der Waals surface area contributed by atoms with Crippen LogP contribution in [0.15, 0.2) is 46.4 Å². The van der Waals surface area contributed by atoms with Gasteiger partial charge in [0, 0.05) is 12.4 Å². The molecule has 0 aliphatic rings. The summed E-state index contributed by atoms with van der Waals surface area (Å²) < 4.78 is 0. The summed E-state index contributed by atoms with van der Waals surface area (Å²) in [5.41, 5.74) is -0.337. The molecular weight excluding hydrogens is 395 g/mol. The molecule has 0 bridgehead atoms. The van der Waals surface area contributed by atoms with Gasteiger partial charge in [0.1, 0.15) is 0 Å². The van der Waals surface area contributed by atoms with Gasteiger partial charge in [-0.3, -0.25) is 9.98 Å². The quantitative estimate of drug-likeness (QED) is 0.392. The number of carboxylic acid groups (broad SMARTS) is 2. The van der Waals surface area contributed by atoms with Gasteiger partial charge in [-0.1, -0.05) is 35.8 Å². The molecule has 139 valence electrons. The minimum Gasteiger partial charge on any atom is -0.871 e. The van der Waals surface area contributed by atoms with Crippen LogP contribution in [0.4, 0.5) is 0 Å². The maximum absolute atomic E-state index is 11.9. The smallest absolute Gasteiger partial charge is 0.871 e. The van der Waals surface area contributed by atoms with Gasteiger partial charge in [0.2, 0.25) is 0 Å². The molecule has 27 heavy (non-hydrogen) atoms. The third kappa shape index (κ3) is 5.67. The first-order valence-corrected chi connectivity index (χ1v) is 7.48. The Morgan fingerprint density at radius 3 is 1.52 bits per heavy atom. The Morgan fingerprint density at radius 1 is 0.815 bits per heavy atom. The minimum absolute atomic E-state index is 0. The molecule has 2 N–H and O–H groups in total. The largest absolute Gasteiger partial charge is 2.00 e. The molecule has 2 rings (SSSR count). The van der Waals surface area contributed by atoms with Gasteiger partial charge in [-0.2, -0.15) is 0 Å². The van der Waals surface area contributed by atoms with E-state index in [4.69, 9.17) is 10.2 Å². The summed E-state index contributed by atoms with van der Waals surface area (Å²) in [5, 5.41) is 41.5. The normalized spacial score (nSPS) is 10.8. The third-order valence-corrected chi connectivity index (χ3v) is 3.37. The van der Waals surface area contributed by atoms with Crippen molar-refractivity contribution in [1.82, 2.24) is 0 Å². The molecule has 0 amide bonds. The van der Waals surface area contributed by atoms with Gasteiger partial charge in [0.05, 0.1) is 24.2 Å². The van der Waals surface area contributed by atoms with Gasteiger partial charge < -0.3 is 20.4 Å². The van der Waals surface area contributed by atoms with Crippen LogP contribution in [-0.4, -0.2) is 47.7 Å². The molecule has 0 spiro atoms. The minimum atomic E-state index is -1.30. The maximum Gasteiger partial charge on any atom is 2.00 e. The molecule has 9 heteroatoms. The Morgan fingerprint density at radius 2 is 1.19 bits per heavy atom. The van der Waals surface area contributed by atoms with E-state index in [2.05, 4.69) is 9.98 Å². The van der Waals surface area contributed by atoms with Gasteiger partial charge in [-0.15, -0.1) is 0 Å². The summed E-state index contributed by atoms with van der Waals surface area (Å²) in [4.78, 5) is 29.8. The Hall–Kier alpha value is -3.16. The molecule has 0 atom stereocenters. The number of aromatic carboxylic acids is 2. The van der Waals surface area contributed by atoms with Crippen LogP contribution < -0.4 is 10.2 Å². The van der Waals surface area contributed by atoms with E-state index < -0.39 is 23.4 Å². The van der Waals surface area contributed by atoms with Crippen molar-refractivity contribution < 1.29 is 47.1 Å². The first kappa shape index (κ1) is 21.9. The molecule has 2 aromatic carbocycles.